The minimum atomic E-state index is -0.556. The maximum atomic E-state index is 12.4. The highest BCUT2D eigenvalue weighted by atomic mass is 16.6. The lowest BCUT2D eigenvalue weighted by atomic mass is 9.59. The first-order valence-electron chi connectivity index (χ1n) is 8.63. The zero-order valence-electron chi connectivity index (χ0n) is 15.0. The smallest absolute Gasteiger partial charge is 0.351 e. The molecule has 3 aliphatic rings. The van der Waals surface area contributed by atoms with Crippen molar-refractivity contribution in [1.82, 2.24) is 9.55 Å². The average molecular weight is 351 g/mol. The molecule has 3 heterocycles. The molecule has 2 N–H and O–H groups in total. The van der Waals surface area contributed by atoms with Gasteiger partial charge in [-0.15, -0.1) is 0 Å². The van der Waals surface area contributed by atoms with E-state index in [4.69, 9.17) is 24.7 Å². The van der Waals surface area contributed by atoms with Gasteiger partial charge in [0.15, 0.2) is 6.23 Å². The summed E-state index contributed by atoms with van der Waals surface area (Å²) in [5.74, 6) is 0.261. The van der Waals surface area contributed by atoms with Crippen LogP contribution in [-0.2, 0) is 18.9 Å². The molecule has 0 amide bonds. The van der Waals surface area contributed by atoms with E-state index >= 15 is 0 Å². The van der Waals surface area contributed by atoms with Crippen LogP contribution in [0.1, 0.15) is 32.1 Å². The van der Waals surface area contributed by atoms with Crippen LogP contribution in [-0.4, -0.2) is 53.3 Å². The fraction of sp³-hybridized carbons (Fsp3) is 0.765. The molecule has 8 nitrogen and oxygen atoms in total. The van der Waals surface area contributed by atoms with E-state index in [1.807, 2.05) is 20.8 Å². The number of aromatic nitrogens is 2. The highest BCUT2D eigenvalue weighted by Gasteiger charge is 2.77. The second-order valence-corrected chi connectivity index (χ2v) is 7.63. The minimum absolute atomic E-state index is 0.0264. The molecule has 8 heteroatoms. The van der Waals surface area contributed by atoms with Crippen LogP contribution in [0.25, 0.3) is 0 Å². The van der Waals surface area contributed by atoms with Gasteiger partial charge in [-0.05, 0) is 20.8 Å². The first-order valence-corrected chi connectivity index (χ1v) is 8.63. The molecule has 138 valence electrons. The summed E-state index contributed by atoms with van der Waals surface area (Å²) in [7, 11) is 1.70. The summed E-state index contributed by atoms with van der Waals surface area (Å²) in [4.78, 5) is 16.3. The predicted molar refractivity (Wildman–Crippen MR) is 89.2 cm³/mol. The molecule has 5 atom stereocenters. The van der Waals surface area contributed by atoms with Crippen LogP contribution in [0.2, 0.25) is 0 Å². The molecule has 4 rings (SSSR count). The highest BCUT2D eigenvalue weighted by Crippen LogP contribution is 2.65. The van der Waals surface area contributed by atoms with Crippen molar-refractivity contribution >= 4 is 5.82 Å². The lowest BCUT2D eigenvalue weighted by Crippen LogP contribution is -2.67. The molecule has 0 bridgehead atoms. The molecule has 0 radical (unpaired) electrons. The first kappa shape index (κ1) is 17.0. The van der Waals surface area contributed by atoms with Gasteiger partial charge < -0.3 is 24.7 Å². The predicted octanol–water partition coefficient (Wildman–Crippen LogP) is 0.630. The Hall–Kier alpha value is -1.48. The molecule has 1 aromatic rings. The van der Waals surface area contributed by atoms with Crippen LogP contribution in [0, 0.1) is 12.8 Å². The van der Waals surface area contributed by atoms with E-state index in [1.54, 1.807) is 13.3 Å². The summed E-state index contributed by atoms with van der Waals surface area (Å²) in [5, 5.41) is 0. The molecule has 2 saturated heterocycles. The molecule has 1 aromatic heterocycles. The summed E-state index contributed by atoms with van der Waals surface area (Å²) in [6.07, 6.45) is 1.65. The van der Waals surface area contributed by atoms with Gasteiger partial charge in [0.05, 0.1) is 25.2 Å². The van der Waals surface area contributed by atoms with Crippen molar-refractivity contribution in [2.45, 2.75) is 56.8 Å². The van der Waals surface area contributed by atoms with Crippen molar-refractivity contribution in [2.75, 3.05) is 26.1 Å². The number of ether oxygens (including phenoxy) is 4. The summed E-state index contributed by atoms with van der Waals surface area (Å²) in [6.45, 7) is 6.75. The number of nitrogen functional groups attached to an aromatic ring is 1. The number of methoxy groups -OCH3 is 1. The third-order valence-corrected chi connectivity index (χ3v) is 5.73. The number of nitrogens with zero attached hydrogens (tertiary/aromatic N) is 2. The summed E-state index contributed by atoms with van der Waals surface area (Å²) < 4.78 is 25.5. The van der Waals surface area contributed by atoms with Crippen LogP contribution < -0.4 is 11.4 Å². The molecule has 0 spiro atoms. The Morgan fingerprint density at radius 1 is 1.52 bits per heavy atom. The van der Waals surface area contributed by atoms with Gasteiger partial charge in [0.25, 0.3) is 0 Å². The molecule has 3 unspecified atom stereocenters. The van der Waals surface area contributed by atoms with Crippen molar-refractivity contribution in [1.29, 1.82) is 0 Å². The van der Waals surface area contributed by atoms with E-state index in [2.05, 4.69) is 4.98 Å². The van der Waals surface area contributed by atoms with E-state index in [1.165, 1.54) is 4.57 Å². The van der Waals surface area contributed by atoms with Crippen molar-refractivity contribution in [3.05, 3.63) is 22.2 Å². The molecule has 0 aromatic carbocycles. The Kier molecular flexibility index (Phi) is 3.74. The Morgan fingerprint density at radius 2 is 2.28 bits per heavy atom. The third kappa shape index (κ3) is 2.28. The van der Waals surface area contributed by atoms with Gasteiger partial charge in [-0.25, -0.2) is 4.79 Å². The van der Waals surface area contributed by atoms with Gasteiger partial charge in [0.1, 0.15) is 23.1 Å². The van der Waals surface area contributed by atoms with E-state index in [0.29, 0.717) is 19.6 Å². The summed E-state index contributed by atoms with van der Waals surface area (Å²) in [6, 6.07) is 0. The number of rotatable bonds is 5. The van der Waals surface area contributed by atoms with Crippen molar-refractivity contribution in [3.8, 4) is 0 Å². The summed E-state index contributed by atoms with van der Waals surface area (Å²) >= 11 is 0. The Morgan fingerprint density at radius 3 is 2.96 bits per heavy atom. The molecule has 1 aliphatic carbocycles. The Labute approximate surface area is 146 Å². The molecule has 1 saturated carbocycles. The van der Waals surface area contributed by atoms with Gasteiger partial charge in [-0.1, -0.05) is 0 Å². The van der Waals surface area contributed by atoms with Gasteiger partial charge in [0, 0.05) is 25.3 Å². The molecule has 3 fully saturated rings. The average Bonchev–Trinajstić information content (AvgIpc) is 2.98. The Balaban J connectivity index is 1.70. The zero-order valence-corrected chi connectivity index (χ0v) is 15.0. The normalized spacial score (nSPS) is 38.8. The number of anilines is 1. The van der Waals surface area contributed by atoms with Gasteiger partial charge in [-0.2, -0.15) is 4.98 Å². The molecule has 25 heavy (non-hydrogen) atoms. The second kappa shape index (κ2) is 5.51. The highest BCUT2D eigenvalue weighted by molar-refractivity contribution is 5.35. The number of nitrogens with two attached hydrogens (primary N) is 1. The van der Waals surface area contributed by atoms with Crippen molar-refractivity contribution in [2.24, 2.45) is 5.92 Å². The third-order valence-electron chi connectivity index (χ3n) is 5.73. The maximum Gasteiger partial charge on any atom is 0.351 e. The standard InChI is InChI=1S/C17H25N3O5/c1-9(2)23-8-17-6-16(22-4)7-24-11(12(16)17)14(25-17)20-5-10(3)13(18)19-15(20)21/h5,9,11-12,14H,6-8H2,1-4H3,(H2,18,19,21)/t11?,12?,14-,16?,17-/m1/s1. The van der Waals surface area contributed by atoms with Crippen molar-refractivity contribution < 1.29 is 18.9 Å². The van der Waals surface area contributed by atoms with E-state index in [-0.39, 0.29) is 29.5 Å². The lowest BCUT2D eigenvalue weighted by molar-refractivity contribution is -0.259. The minimum Gasteiger partial charge on any atom is -0.383 e. The fourth-order valence-corrected chi connectivity index (χ4v) is 4.53. The zero-order chi connectivity index (χ0) is 18.0. The summed E-state index contributed by atoms with van der Waals surface area (Å²) in [5.41, 5.74) is 5.17. The van der Waals surface area contributed by atoms with Gasteiger partial charge >= 0.3 is 5.69 Å². The number of aryl methyl sites for hydroxylation is 1. The van der Waals surface area contributed by atoms with E-state index < -0.39 is 17.5 Å². The van der Waals surface area contributed by atoms with E-state index in [9.17, 15) is 4.79 Å². The Bertz CT molecular complexity index is 750. The lowest BCUT2D eigenvalue weighted by Gasteiger charge is -2.54. The first-order chi connectivity index (χ1) is 11.8. The SMILES string of the molecule is COC12COC3C1[C@](COC(C)C)(C2)O[C@H]3n1cc(C)c(N)nc1=O. The molecule has 2 aliphatic heterocycles. The van der Waals surface area contributed by atoms with Gasteiger partial charge in [-0.3, -0.25) is 4.57 Å². The number of hydrogen-bond donors (Lipinski definition) is 1. The van der Waals surface area contributed by atoms with Crippen LogP contribution in [0.4, 0.5) is 5.82 Å². The number of hydrogen-bond acceptors (Lipinski definition) is 7. The van der Waals surface area contributed by atoms with Crippen LogP contribution in [0.3, 0.4) is 0 Å². The molecular weight excluding hydrogens is 326 g/mol. The second-order valence-electron chi connectivity index (χ2n) is 7.63. The van der Waals surface area contributed by atoms with Crippen LogP contribution >= 0.6 is 0 Å². The fourth-order valence-electron chi connectivity index (χ4n) is 4.53. The van der Waals surface area contributed by atoms with E-state index in [0.717, 1.165) is 5.56 Å². The van der Waals surface area contributed by atoms with Crippen molar-refractivity contribution in [3.63, 3.8) is 0 Å². The largest absolute Gasteiger partial charge is 0.383 e. The van der Waals surface area contributed by atoms with Crippen LogP contribution in [0.5, 0.6) is 0 Å². The van der Waals surface area contributed by atoms with Crippen LogP contribution in [0.15, 0.2) is 11.0 Å². The topological polar surface area (TPSA) is 97.8 Å². The molecular formula is C17H25N3O5. The monoisotopic (exact) mass is 351 g/mol. The quantitative estimate of drug-likeness (QED) is 0.831. The van der Waals surface area contributed by atoms with Gasteiger partial charge in [0.2, 0.25) is 0 Å². The maximum absolute atomic E-state index is 12.4.